The van der Waals surface area contributed by atoms with Gasteiger partial charge in [-0.25, -0.2) is 5.01 Å². The second-order valence-corrected chi connectivity index (χ2v) is 4.68. The van der Waals surface area contributed by atoms with Crippen molar-refractivity contribution in [3.63, 3.8) is 0 Å². The Morgan fingerprint density at radius 3 is 2.62 bits per heavy atom. The summed E-state index contributed by atoms with van der Waals surface area (Å²) in [6.45, 7) is 0.363. The van der Waals surface area contributed by atoms with Crippen LogP contribution in [-0.4, -0.2) is 70.2 Å². The first kappa shape index (κ1) is 11.7. The Labute approximate surface area is 94.7 Å². The molecule has 1 fully saturated rings. The van der Waals surface area contributed by atoms with Crippen LogP contribution in [0.15, 0.2) is 11.9 Å². The van der Waals surface area contributed by atoms with Gasteiger partial charge in [0, 0.05) is 39.0 Å². The average Bonchev–Trinajstić information content (AvgIpc) is 2.41. The fourth-order valence-electron chi connectivity index (χ4n) is 2.42. The molecule has 6 heteroatoms. The minimum Gasteiger partial charge on any atom is -0.390 e. The maximum atomic E-state index is 9.94. The summed E-state index contributed by atoms with van der Waals surface area (Å²) < 4.78 is 0. The van der Waals surface area contributed by atoms with Crippen LogP contribution < -0.4 is 5.43 Å². The van der Waals surface area contributed by atoms with E-state index >= 15 is 0 Å². The van der Waals surface area contributed by atoms with Crippen molar-refractivity contribution in [3.05, 3.63) is 11.9 Å². The maximum Gasteiger partial charge on any atom is 0.104 e. The Hall–Kier alpha value is -0.820. The summed E-state index contributed by atoms with van der Waals surface area (Å²) in [6.07, 6.45) is 0.0151. The second kappa shape index (κ2) is 4.21. The van der Waals surface area contributed by atoms with Gasteiger partial charge in [0.1, 0.15) is 6.10 Å². The Morgan fingerprint density at radius 1 is 1.31 bits per heavy atom. The van der Waals surface area contributed by atoms with E-state index in [4.69, 9.17) is 0 Å². The smallest absolute Gasteiger partial charge is 0.104 e. The summed E-state index contributed by atoms with van der Waals surface area (Å²) in [5.41, 5.74) is 3.97. The van der Waals surface area contributed by atoms with Gasteiger partial charge in [-0.3, -0.25) is 0 Å². The number of hydrazine groups is 1. The normalized spacial score (nSPS) is 38.6. The van der Waals surface area contributed by atoms with E-state index in [1.165, 1.54) is 0 Å². The molecule has 4 N–H and O–H groups in total. The third kappa shape index (κ3) is 2.01. The van der Waals surface area contributed by atoms with Crippen molar-refractivity contribution in [3.8, 4) is 0 Å². The lowest BCUT2D eigenvalue weighted by atomic mass is 9.98. The summed E-state index contributed by atoms with van der Waals surface area (Å²) in [5, 5.41) is 31.0. The molecule has 0 aromatic carbocycles. The molecule has 0 spiro atoms. The van der Waals surface area contributed by atoms with Gasteiger partial charge in [0.2, 0.25) is 0 Å². The van der Waals surface area contributed by atoms with Gasteiger partial charge >= 0.3 is 0 Å². The topological polar surface area (TPSA) is 79.2 Å². The molecule has 0 unspecified atom stereocenters. The number of nitrogens with one attached hydrogen (secondary N) is 1. The van der Waals surface area contributed by atoms with Crippen molar-refractivity contribution >= 4 is 0 Å². The van der Waals surface area contributed by atoms with E-state index in [1.54, 1.807) is 9.91 Å². The fourth-order valence-corrected chi connectivity index (χ4v) is 2.42. The lowest BCUT2D eigenvalue weighted by Gasteiger charge is -2.35. The quantitative estimate of drug-likeness (QED) is 0.413. The van der Waals surface area contributed by atoms with Gasteiger partial charge in [0.25, 0.3) is 0 Å². The van der Waals surface area contributed by atoms with Crippen LogP contribution in [0.3, 0.4) is 0 Å². The summed E-state index contributed by atoms with van der Waals surface area (Å²) in [7, 11) is 3.74. The Balaban J connectivity index is 2.13. The molecule has 16 heavy (non-hydrogen) atoms. The van der Waals surface area contributed by atoms with Gasteiger partial charge < -0.3 is 25.6 Å². The Bertz CT molecular complexity index is 295. The predicted octanol–water partition coefficient (Wildman–Crippen LogP) is -1.94. The number of aliphatic hydroxyl groups excluding tert-OH is 3. The molecular formula is C10H19N3O3. The number of hydrogen-bond donors (Lipinski definition) is 4. The van der Waals surface area contributed by atoms with E-state index in [0.717, 1.165) is 5.70 Å². The number of fused-ring (bicyclic) bond motifs is 1. The van der Waals surface area contributed by atoms with Gasteiger partial charge in [-0.2, -0.15) is 0 Å². The van der Waals surface area contributed by atoms with E-state index in [0.29, 0.717) is 13.0 Å². The van der Waals surface area contributed by atoms with E-state index < -0.39 is 18.3 Å². The first-order chi connectivity index (χ1) is 7.49. The first-order valence-electron chi connectivity index (χ1n) is 5.43. The molecule has 92 valence electrons. The molecule has 4 atom stereocenters. The fraction of sp³-hybridized carbons (Fsp3) is 0.800. The average molecular weight is 229 g/mol. The molecule has 2 heterocycles. The summed E-state index contributed by atoms with van der Waals surface area (Å²) in [6, 6.07) is -0.386. The van der Waals surface area contributed by atoms with Crippen LogP contribution >= 0.6 is 0 Å². The Morgan fingerprint density at radius 2 is 2.00 bits per heavy atom. The third-order valence-corrected chi connectivity index (χ3v) is 3.04. The molecule has 0 aliphatic carbocycles. The van der Waals surface area contributed by atoms with Gasteiger partial charge in [0.15, 0.2) is 0 Å². The van der Waals surface area contributed by atoms with Crippen molar-refractivity contribution in [2.75, 3.05) is 20.6 Å². The molecule has 2 aliphatic heterocycles. The highest BCUT2D eigenvalue weighted by Crippen LogP contribution is 2.29. The molecule has 6 nitrogen and oxygen atoms in total. The zero-order valence-corrected chi connectivity index (χ0v) is 9.54. The van der Waals surface area contributed by atoms with Crippen LogP contribution in [-0.2, 0) is 0 Å². The maximum absolute atomic E-state index is 9.94. The number of nitrogens with zero attached hydrogens (tertiary/aromatic N) is 2. The van der Waals surface area contributed by atoms with Crippen LogP contribution in [0.2, 0.25) is 0 Å². The lowest BCUT2D eigenvalue weighted by Crippen LogP contribution is -2.48. The first-order valence-corrected chi connectivity index (χ1v) is 5.43. The zero-order chi connectivity index (χ0) is 11.9. The highest BCUT2D eigenvalue weighted by Gasteiger charge is 2.44. The predicted molar refractivity (Wildman–Crippen MR) is 58.0 cm³/mol. The minimum atomic E-state index is -0.868. The number of rotatable bonds is 2. The van der Waals surface area contributed by atoms with Crippen LogP contribution in [0.1, 0.15) is 6.42 Å². The van der Waals surface area contributed by atoms with E-state index in [2.05, 4.69) is 5.43 Å². The van der Waals surface area contributed by atoms with E-state index in [1.807, 2.05) is 20.3 Å². The molecule has 2 rings (SSSR count). The summed E-state index contributed by atoms with van der Waals surface area (Å²) in [4.78, 5) is 1.80. The Kier molecular flexibility index (Phi) is 3.07. The van der Waals surface area contributed by atoms with Crippen LogP contribution in [0.25, 0.3) is 0 Å². The van der Waals surface area contributed by atoms with Crippen molar-refractivity contribution in [1.82, 2.24) is 15.3 Å². The molecule has 0 aromatic heterocycles. The molecule has 0 radical (unpaired) electrons. The largest absolute Gasteiger partial charge is 0.390 e. The molecule has 0 aromatic rings. The van der Waals surface area contributed by atoms with Crippen molar-refractivity contribution in [1.29, 1.82) is 0 Å². The lowest BCUT2D eigenvalue weighted by molar-refractivity contribution is -0.00974. The highest BCUT2D eigenvalue weighted by molar-refractivity contribution is 5.13. The van der Waals surface area contributed by atoms with Crippen LogP contribution in [0.4, 0.5) is 0 Å². The number of hydrogen-bond acceptors (Lipinski definition) is 6. The van der Waals surface area contributed by atoms with Crippen molar-refractivity contribution in [2.45, 2.75) is 30.8 Å². The molecule has 0 saturated carbocycles. The third-order valence-electron chi connectivity index (χ3n) is 3.04. The SMILES string of the molecule is CN(C)NC1=CN2C[C@@H](O)[C@@H](O)[C@H]2[C@H](O)C1. The van der Waals surface area contributed by atoms with Crippen molar-refractivity contribution in [2.24, 2.45) is 0 Å². The highest BCUT2D eigenvalue weighted by atomic mass is 16.3. The monoisotopic (exact) mass is 229 g/mol. The van der Waals surface area contributed by atoms with E-state index in [-0.39, 0.29) is 6.04 Å². The second-order valence-electron chi connectivity index (χ2n) is 4.68. The number of aliphatic hydroxyl groups is 3. The van der Waals surface area contributed by atoms with Crippen LogP contribution in [0, 0.1) is 0 Å². The molecule has 2 aliphatic rings. The van der Waals surface area contributed by atoms with E-state index in [9.17, 15) is 15.3 Å². The van der Waals surface area contributed by atoms with Gasteiger partial charge in [-0.15, -0.1) is 0 Å². The molecule has 0 amide bonds. The molecular weight excluding hydrogens is 210 g/mol. The molecule has 1 saturated heterocycles. The summed E-state index contributed by atoms with van der Waals surface area (Å²) >= 11 is 0. The zero-order valence-electron chi connectivity index (χ0n) is 9.54. The minimum absolute atomic E-state index is 0.363. The van der Waals surface area contributed by atoms with Gasteiger partial charge in [-0.05, 0) is 0 Å². The van der Waals surface area contributed by atoms with Gasteiger partial charge in [-0.1, -0.05) is 0 Å². The van der Waals surface area contributed by atoms with Gasteiger partial charge in [0.05, 0.1) is 18.2 Å². The van der Waals surface area contributed by atoms with Crippen LogP contribution in [0.5, 0.6) is 0 Å². The molecule has 0 bridgehead atoms. The summed E-state index contributed by atoms with van der Waals surface area (Å²) in [5.74, 6) is 0. The van der Waals surface area contributed by atoms with Crippen molar-refractivity contribution < 1.29 is 15.3 Å². The standard InChI is InChI=1S/C10H19N3O3/c1-12(2)11-6-3-7(14)9-10(16)8(15)5-13(9)4-6/h4,7-11,14-16H,3,5H2,1-2H3/t7-,8-,9-,10-/m1/s1.